The number of nitrogens with two attached hydrogens (primary N) is 2. The Kier molecular flexibility index (Phi) is 6.08. The van der Waals surface area contributed by atoms with Gasteiger partial charge in [-0.15, -0.1) is 21.5 Å². The van der Waals surface area contributed by atoms with Crippen molar-refractivity contribution in [1.29, 1.82) is 0 Å². The lowest BCUT2D eigenvalue weighted by atomic mass is 9.94. The number of anilines is 1. The van der Waals surface area contributed by atoms with Crippen LogP contribution in [0.25, 0.3) is 11.6 Å². The van der Waals surface area contributed by atoms with Crippen molar-refractivity contribution in [3.05, 3.63) is 75.6 Å². The molecule has 1 aromatic carbocycles. The number of likely N-dealkylation sites (tertiary alicyclic amines) is 1. The van der Waals surface area contributed by atoms with Crippen LogP contribution < -0.4 is 11.5 Å². The summed E-state index contributed by atoms with van der Waals surface area (Å²) in [5, 5.41) is 11.3. The van der Waals surface area contributed by atoms with Gasteiger partial charge in [0.2, 0.25) is 5.89 Å². The molecule has 1 fully saturated rings. The van der Waals surface area contributed by atoms with Crippen LogP contribution in [0.15, 0.2) is 52.3 Å². The molecule has 35 heavy (non-hydrogen) atoms. The van der Waals surface area contributed by atoms with Crippen LogP contribution in [-0.4, -0.2) is 37.5 Å². The van der Waals surface area contributed by atoms with Crippen molar-refractivity contribution in [3.63, 3.8) is 0 Å². The van der Waals surface area contributed by atoms with Crippen LogP contribution in [0.4, 0.5) is 5.82 Å². The van der Waals surface area contributed by atoms with Gasteiger partial charge in [0.05, 0.1) is 11.6 Å². The van der Waals surface area contributed by atoms with Gasteiger partial charge in [0.15, 0.2) is 0 Å². The van der Waals surface area contributed by atoms with E-state index in [0.29, 0.717) is 24.2 Å². The fraction of sp³-hybridized carbons (Fsp3) is 0.320. The molecule has 4 N–H and O–H groups in total. The zero-order valence-electron chi connectivity index (χ0n) is 19.6. The van der Waals surface area contributed by atoms with Gasteiger partial charge in [-0.3, -0.25) is 4.79 Å². The first-order valence-corrected chi connectivity index (χ1v) is 12.4. The van der Waals surface area contributed by atoms with E-state index < -0.39 is 5.54 Å². The molecule has 2 atom stereocenters. The molecule has 0 saturated carbocycles. The van der Waals surface area contributed by atoms with E-state index in [4.69, 9.17) is 15.9 Å². The highest BCUT2D eigenvalue weighted by molar-refractivity contribution is 7.09. The van der Waals surface area contributed by atoms with E-state index in [1.54, 1.807) is 23.5 Å². The second kappa shape index (κ2) is 9.20. The Labute approximate surface area is 207 Å². The van der Waals surface area contributed by atoms with Gasteiger partial charge in [0, 0.05) is 23.2 Å². The van der Waals surface area contributed by atoms with Gasteiger partial charge in [0.1, 0.15) is 16.5 Å². The summed E-state index contributed by atoms with van der Waals surface area (Å²) in [6.45, 7) is 4.46. The molecule has 0 radical (unpaired) electrons. The maximum Gasteiger partial charge on any atom is 0.266 e. The Balaban J connectivity index is 1.40. The number of rotatable bonds is 6. The number of thiazole rings is 1. The molecule has 3 aromatic heterocycles. The van der Waals surface area contributed by atoms with Crippen molar-refractivity contribution in [3.8, 4) is 11.6 Å². The smallest absolute Gasteiger partial charge is 0.266 e. The molecule has 1 aliphatic heterocycles. The maximum absolute atomic E-state index is 13.5. The standard InChI is InChI=1S/C25H27N7O2S/c1-15-14-35-22(28-15)19-9-6-10-32(19)23(33)17-11-18(29-20(26)12-17)21-30-31-24(34-21)25(2,27)13-16-7-4-3-5-8-16/h3-5,7-8,11-12,14,19H,6,9-10,13,27H2,1-2H3,(H2,26,29)/t19-,25-/m1/s1. The van der Waals surface area contributed by atoms with Crippen molar-refractivity contribution in [2.24, 2.45) is 5.73 Å². The van der Waals surface area contributed by atoms with Crippen molar-refractivity contribution in [2.45, 2.75) is 44.7 Å². The monoisotopic (exact) mass is 489 g/mol. The summed E-state index contributed by atoms with van der Waals surface area (Å²) in [7, 11) is 0. The van der Waals surface area contributed by atoms with Gasteiger partial charge < -0.3 is 20.8 Å². The predicted octanol–water partition coefficient (Wildman–Crippen LogP) is 3.87. The molecule has 1 aliphatic rings. The summed E-state index contributed by atoms with van der Waals surface area (Å²) in [5.74, 6) is 0.529. The molecule has 0 spiro atoms. The molecule has 0 aliphatic carbocycles. The summed E-state index contributed by atoms with van der Waals surface area (Å²) < 4.78 is 5.92. The third-order valence-corrected chi connectivity index (χ3v) is 7.14. The van der Waals surface area contributed by atoms with Crippen LogP contribution >= 0.6 is 11.3 Å². The molecule has 0 bridgehead atoms. The lowest BCUT2D eigenvalue weighted by molar-refractivity contribution is 0.0735. The Morgan fingerprint density at radius 1 is 1.23 bits per heavy atom. The first-order chi connectivity index (χ1) is 16.8. The van der Waals surface area contributed by atoms with Gasteiger partial charge in [-0.1, -0.05) is 30.3 Å². The number of aryl methyl sites for hydroxylation is 1. The Hall–Kier alpha value is -3.63. The van der Waals surface area contributed by atoms with E-state index >= 15 is 0 Å². The molecular formula is C25H27N7O2S. The average Bonchev–Trinajstić information content (AvgIpc) is 3.59. The Morgan fingerprint density at radius 3 is 2.77 bits per heavy atom. The summed E-state index contributed by atoms with van der Waals surface area (Å²) in [6, 6.07) is 13.1. The molecule has 4 heterocycles. The number of nitrogens with zero attached hydrogens (tertiary/aromatic N) is 5. The molecule has 10 heteroatoms. The number of benzene rings is 1. The van der Waals surface area contributed by atoms with Gasteiger partial charge >= 0.3 is 0 Å². The van der Waals surface area contributed by atoms with Gasteiger partial charge in [-0.2, -0.15) is 0 Å². The topological polar surface area (TPSA) is 137 Å². The quantitative estimate of drug-likeness (QED) is 0.416. The molecule has 0 unspecified atom stereocenters. The average molecular weight is 490 g/mol. The number of hydrogen-bond donors (Lipinski definition) is 2. The number of carbonyl (C=O) groups excluding carboxylic acids is 1. The summed E-state index contributed by atoms with van der Waals surface area (Å²) >= 11 is 1.58. The highest BCUT2D eigenvalue weighted by atomic mass is 32.1. The molecule has 9 nitrogen and oxygen atoms in total. The second-order valence-electron chi connectivity index (χ2n) is 9.14. The minimum absolute atomic E-state index is 0.0371. The largest absolute Gasteiger partial charge is 0.417 e. The van der Waals surface area contributed by atoms with E-state index in [9.17, 15) is 4.79 Å². The zero-order chi connectivity index (χ0) is 24.6. The fourth-order valence-corrected chi connectivity index (χ4v) is 5.34. The highest BCUT2D eigenvalue weighted by Gasteiger charge is 2.33. The van der Waals surface area contributed by atoms with E-state index in [-0.39, 0.29) is 29.5 Å². The molecule has 180 valence electrons. The minimum Gasteiger partial charge on any atom is -0.417 e. The first-order valence-electron chi connectivity index (χ1n) is 11.5. The van der Waals surface area contributed by atoms with Crippen LogP contribution in [0.1, 0.15) is 58.3 Å². The van der Waals surface area contributed by atoms with Crippen LogP contribution in [-0.2, 0) is 12.0 Å². The van der Waals surface area contributed by atoms with Gasteiger partial charge in [0.25, 0.3) is 11.8 Å². The van der Waals surface area contributed by atoms with Crippen molar-refractivity contribution >= 4 is 23.1 Å². The van der Waals surface area contributed by atoms with E-state index in [1.165, 1.54) is 0 Å². The number of nitrogen functional groups attached to an aromatic ring is 1. The molecule has 1 saturated heterocycles. The minimum atomic E-state index is -0.875. The van der Waals surface area contributed by atoms with Crippen molar-refractivity contribution < 1.29 is 9.21 Å². The number of amides is 1. The van der Waals surface area contributed by atoms with Gasteiger partial charge in [-0.25, -0.2) is 9.97 Å². The molecule has 4 aromatic rings. The molecule has 5 rings (SSSR count). The Bertz CT molecular complexity index is 1350. The van der Waals surface area contributed by atoms with Crippen molar-refractivity contribution in [1.82, 2.24) is 25.1 Å². The first kappa shape index (κ1) is 23.1. The summed E-state index contributed by atoms with van der Waals surface area (Å²) in [4.78, 5) is 24.3. The highest BCUT2D eigenvalue weighted by Crippen LogP contribution is 2.35. The number of carbonyl (C=O) groups is 1. The number of aromatic nitrogens is 4. The number of hydrogen-bond acceptors (Lipinski definition) is 9. The summed E-state index contributed by atoms with van der Waals surface area (Å²) in [5.41, 5.74) is 14.5. The van der Waals surface area contributed by atoms with Gasteiger partial charge in [-0.05, 0) is 50.8 Å². The maximum atomic E-state index is 13.5. The molecular weight excluding hydrogens is 462 g/mol. The van der Waals surface area contributed by atoms with E-state index in [1.807, 2.05) is 54.5 Å². The summed E-state index contributed by atoms with van der Waals surface area (Å²) in [6.07, 6.45) is 2.33. The normalized spacial score (nSPS) is 17.5. The van der Waals surface area contributed by atoms with E-state index in [2.05, 4.69) is 20.2 Å². The molecule has 1 amide bonds. The lowest BCUT2D eigenvalue weighted by Crippen LogP contribution is -2.35. The lowest BCUT2D eigenvalue weighted by Gasteiger charge is -2.23. The second-order valence-corrected chi connectivity index (χ2v) is 10.0. The van der Waals surface area contributed by atoms with Crippen LogP contribution in [0.5, 0.6) is 0 Å². The zero-order valence-corrected chi connectivity index (χ0v) is 20.5. The van der Waals surface area contributed by atoms with Crippen LogP contribution in [0.2, 0.25) is 0 Å². The van der Waals surface area contributed by atoms with E-state index in [0.717, 1.165) is 29.1 Å². The van der Waals surface area contributed by atoms with Crippen molar-refractivity contribution in [2.75, 3.05) is 12.3 Å². The Morgan fingerprint density at radius 2 is 2.03 bits per heavy atom. The third-order valence-electron chi connectivity index (χ3n) is 6.07. The fourth-order valence-electron chi connectivity index (χ4n) is 4.40. The van der Waals surface area contributed by atoms with Crippen LogP contribution in [0.3, 0.4) is 0 Å². The third kappa shape index (κ3) is 4.80. The number of pyridine rings is 1. The SMILES string of the molecule is Cc1csc([C@H]2CCCN2C(=O)c2cc(N)nc(-c3nnc([C@](C)(N)Cc4ccccc4)o3)c2)n1. The van der Waals surface area contributed by atoms with Crippen LogP contribution in [0, 0.1) is 6.92 Å². The predicted molar refractivity (Wildman–Crippen MR) is 133 cm³/mol.